The summed E-state index contributed by atoms with van der Waals surface area (Å²) in [6, 6.07) is 12.6. The van der Waals surface area contributed by atoms with Crippen molar-refractivity contribution in [3.8, 4) is 0 Å². The molecule has 0 bridgehead atoms. The number of alkyl halides is 3. The SMILES string of the molecule is CC(C)CN(CC(F)(F)F)C(=O)c1ccc(N(C)c2ccccc2)nc1. The van der Waals surface area contributed by atoms with Gasteiger partial charge >= 0.3 is 6.18 Å². The minimum Gasteiger partial charge on any atom is -0.329 e. The number of benzene rings is 1. The lowest BCUT2D eigenvalue weighted by atomic mass is 10.1. The highest BCUT2D eigenvalue weighted by molar-refractivity contribution is 5.94. The molecule has 0 aliphatic heterocycles. The second-order valence-electron chi connectivity index (χ2n) is 6.49. The number of carbonyl (C=O) groups is 1. The maximum absolute atomic E-state index is 12.8. The lowest BCUT2D eigenvalue weighted by molar-refractivity contribution is -0.141. The molecule has 0 spiro atoms. The average molecular weight is 365 g/mol. The van der Waals surface area contributed by atoms with Crippen LogP contribution >= 0.6 is 0 Å². The fourth-order valence-corrected chi connectivity index (χ4v) is 2.55. The van der Waals surface area contributed by atoms with E-state index in [1.54, 1.807) is 19.9 Å². The van der Waals surface area contributed by atoms with Crippen molar-refractivity contribution in [3.05, 3.63) is 54.2 Å². The largest absolute Gasteiger partial charge is 0.406 e. The minimum atomic E-state index is -4.44. The smallest absolute Gasteiger partial charge is 0.329 e. The van der Waals surface area contributed by atoms with Crippen molar-refractivity contribution in [1.29, 1.82) is 0 Å². The summed E-state index contributed by atoms with van der Waals surface area (Å²) in [4.78, 5) is 19.4. The molecule has 0 atom stereocenters. The zero-order valence-electron chi connectivity index (χ0n) is 15.0. The van der Waals surface area contributed by atoms with Gasteiger partial charge in [0.05, 0.1) is 5.56 Å². The van der Waals surface area contributed by atoms with Gasteiger partial charge < -0.3 is 9.80 Å². The van der Waals surface area contributed by atoms with E-state index in [-0.39, 0.29) is 18.0 Å². The second-order valence-corrected chi connectivity index (χ2v) is 6.49. The molecule has 7 heteroatoms. The Morgan fingerprint density at radius 2 is 1.77 bits per heavy atom. The van der Waals surface area contributed by atoms with Crippen molar-refractivity contribution in [2.24, 2.45) is 5.92 Å². The number of carbonyl (C=O) groups excluding carboxylic acids is 1. The fourth-order valence-electron chi connectivity index (χ4n) is 2.55. The number of anilines is 2. The summed E-state index contributed by atoms with van der Waals surface area (Å²) >= 11 is 0. The standard InChI is InChI=1S/C19H22F3N3O/c1-14(2)12-25(13-19(20,21)22)18(26)15-9-10-17(23-11-15)24(3)16-7-5-4-6-8-16/h4-11,14H,12-13H2,1-3H3. The molecule has 2 rings (SSSR count). The van der Waals surface area contributed by atoms with Gasteiger partial charge in [0.15, 0.2) is 0 Å². The molecule has 1 aromatic heterocycles. The Morgan fingerprint density at radius 1 is 1.12 bits per heavy atom. The molecule has 2 aromatic rings. The Hall–Kier alpha value is -2.57. The molecule has 26 heavy (non-hydrogen) atoms. The van der Waals surface area contributed by atoms with E-state index < -0.39 is 18.6 Å². The minimum absolute atomic E-state index is 0.0318. The fraction of sp³-hybridized carbons (Fsp3) is 0.368. The number of pyridine rings is 1. The zero-order valence-corrected chi connectivity index (χ0v) is 15.0. The van der Waals surface area contributed by atoms with E-state index in [0.717, 1.165) is 10.6 Å². The van der Waals surface area contributed by atoms with E-state index in [0.29, 0.717) is 5.82 Å². The van der Waals surface area contributed by atoms with Gasteiger partial charge in [-0.1, -0.05) is 32.0 Å². The average Bonchev–Trinajstić information content (AvgIpc) is 2.59. The van der Waals surface area contributed by atoms with Crippen LogP contribution in [0, 0.1) is 5.92 Å². The molecule has 4 nitrogen and oxygen atoms in total. The summed E-state index contributed by atoms with van der Waals surface area (Å²) in [6.45, 7) is 2.30. The van der Waals surface area contributed by atoms with E-state index in [2.05, 4.69) is 4.98 Å². The van der Waals surface area contributed by atoms with Gasteiger partial charge in [-0.3, -0.25) is 4.79 Å². The van der Waals surface area contributed by atoms with Crippen molar-refractivity contribution < 1.29 is 18.0 Å². The molecule has 0 saturated carbocycles. The van der Waals surface area contributed by atoms with Gasteiger partial charge in [0.25, 0.3) is 5.91 Å². The first-order chi connectivity index (χ1) is 12.2. The highest BCUT2D eigenvalue weighted by Gasteiger charge is 2.33. The number of halogens is 3. The number of nitrogens with zero attached hydrogens (tertiary/aromatic N) is 3. The first-order valence-electron chi connectivity index (χ1n) is 8.28. The second kappa shape index (κ2) is 8.21. The molecule has 1 heterocycles. The number of amides is 1. The molecular formula is C19H22F3N3O. The number of aromatic nitrogens is 1. The highest BCUT2D eigenvalue weighted by atomic mass is 19.4. The van der Waals surface area contributed by atoms with E-state index in [1.165, 1.54) is 12.3 Å². The molecule has 0 N–H and O–H groups in total. The predicted octanol–water partition coefficient (Wildman–Crippen LogP) is 4.51. The summed E-state index contributed by atoms with van der Waals surface area (Å²) < 4.78 is 38.3. The molecule has 1 amide bonds. The molecule has 0 radical (unpaired) electrons. The molecule has 0 saturated heterocycles. The Kier molecular flexibility index (Phi) is 6.23. The van der Waals surface area contributed by atoms with Crippen LogP contribution in [-0.4, -0.2) is 42.1 Å². The predicted molar refractivity (Wildman–Crippen MR) is 95.5 cm³/mol. The summed E-state index contributed by atoms with van der Waals surface area (Å²) in [6.07, 6.45) is -3.12. The van der Waals surface area contributed by atoms with Crippen molar-refractivity contribution >= 4 is 17.4 Å². The van der Waals surface area contributed by atoms with Gasteiger partial charge in [0.2, 0.25) is 0 Å². The number of rotatable bonds is 6. The van der Waals surface area contributed by atoms with Crippen molar-refractivity contribution in [2.45, 2.75) is 20.0 Å². The maximum Gasteiger partial charge on any atom is 0.406 e. The Balaban J connectivity index is 2.18. The van der Waals surface area contributed by atoms with Gasteiger partial charge in [-0.15, -0.1) is 0 Å². The maximum atomic E-state index is 12.8. The molecule has 0 aliphatic carbocycles. The molecule has 0 fully saturated rings. The van der Waals surface area contributed by atoms with Crippen LogP contribution in [0.3, 0.4) is 0 Å². The Bertz CT molecular complexity index is 715. The summed E-state index contributed by atoms with van der Waals surface area (Å²) in [5.41, 5.74) is 1.05. The monoisotopic (exact) mass is 365 g/mol. The van der Waals surface area contributed by atoms with Crippen molar-refractivity contribution in [1.82, 2.24) is 9.88 Å². The molecular weight excluding hydrogens is 343 g/mol. The molecule has 140 valence electrons. The molecule has 0 aliphatic rings. The van der Waals surface area contributed by atoms with Crippen LogP contribution in [0.5, 0.6) is 0 Å². The van der Waals surface area contributed by atoms with Crippen LogP contribution in [0.4, 0.5) is 24.7 Å². The van der Waals surface area contributed by atoms with Gasteiger partial charge in [-0.05, 0) is 30.2 Å². The first kappa shape index (κ1) is 19.8. The van der Waals surface area contributed by atoms with E-state index in [1.807, 2.05) is 42.3 Å². The lowest BCUT2D eigenvalue weighted by Gasteiger charge is -2.26. The molecule has 1 aromatic carbocycles. The number of hydrogen-bond donors (Lipinski definition) is 0. The van der Waals surface area contributed by atoms with Crippen LogP contribution in [0.1, 0.15) is 24.2 Å². The van der Waals surface area contributed by atoms with E-state index in [4.69, 9.17) is 0 Å². The van der Waals surface area contributed by atoms with Crippen molar-refractivity contribution in [3.63, 3.8) is 0 Å². The van der Waals surface area contributed by atoms with Crippen molar-refractivity contribution in [2.75, 3.05) is 25.0 Å². The van der Waals surface area contributed by atoms with E-state index >= 15 is 0 Å². The van der Waals surface area contributed by atoms with Gasteiger partial charge in [0.1, 0.15) is 12.4 Å². The van der Waals surface area contributed by atoms with Crippen LogP contribution in [0.25, 0.3) is 0 Å². The Morgan fingerprint density at radius 3 is 2.27 bits per heavy atom. The number of para-hydroxylation sites is 1. The van der Waals surface area contributed by atoms with Crippen LogP contribution < -0.4 is 4.90 Å². The third kappa shape index (κ3) is 5.47. The van der Waals surface area contributed by atoms with Crippen LogP contribution in [-0.2, 0) is 0 Å². The van der Waals surface area contributed by atoms with Gasteiger partial charge in [0, 0.05) is 25.5 Å². The summed E-state index contributed by atoms with van der Waals surface area (Å²) in [7, 11) is 1.83. The first-order valence-corrected chi connectivity index (χ1v) is 8.28. The third-order valence-electron chi connectivity index (χ3n) is 3.72. The van der Waals surface area contributed by atoms with Gasteiger partial charge in [-0.2, -0.15) is 13.2 Å². The number of hydrogen-bond acceptors (Lipinski definition) is 3. The Labute approximate surface area is 151 Å². The summed E-state index contributed by atoms with van der Waals surface area (Å²) in [5, 5.41) is 0. The zero-order chi connectivity index (χ0) is 19.3. The summed E-state index contributed by atoms with van der Waals surface area (Å²) in [5.74, 6) is -0.144. The van der Waals surface area contributed by atoms with Crippen LogP contribution in [0.2, 0.25) is 0 Å². The lowest BCUT2D eigenvalue weighted by Crippen LogP contribution is -2.41. The normalized spacial score (nSPS) is 11.5. The quantitative estimate of drug-likeness (QED) is 0.756. The topological polar surface area (TPSA) is 36.4 Å². The van der Waals surface area contributed by atoms with Gasteiger partial charge in [-0.25, -0.2) is 4.98 Å². The third-order valence-corrected chi connectivity index (χ3v) is 3.72. The van der Waals surface area contributed by atoms with E-state index in [9.17, 15) is 18.0 Å². The van der Waals surface area contributed by atoms with Crippen LogP contribution in [0.15, 0.2) is 48.7 Å². The molecule has 0 unspecified atom stereocenters. The highest BCUT2D eigenvalue weighted by Crippen LogP contribution is 2.22.